The number of rotatable bonds is 2. The minimum absolute atomic E-state index is 0.322. The van der Waals surface area contributed by atoms with E-state index in [-0.39, 0.29) is 0 Å². The van der Waals surface area contributed by atoms with Crippen LogP contribution >= 0.6 is 0 Å². The zero-order valence-corrected chi connectivity index (χ0v) is 14.6. The van der Waals surface area contributed by atoms with E-state index in [1.54, 1.807) is 0 Å². The van der Waals surface area contributed by atoms with E-state index < -0.39 is 0 Å². The number of carbonyl (C=O) groups is 1. The number of hydrogen-bond donors (Lipinski definition) is 0. The first-order valence-electron chi connectivity index (χ1n) is 9.04. The van der Waals surface area contributed by atoms with E-state index in [0.717, 1.165) is 51.0 Å². The van der Waals surface area contributed by atoms with Crippen molar-refractivity contribution in [2.24, 2.45) is 5.92 Å². The molecule has 0 spiro atoms. The van der Waals surface area contributed by atoms with Gasteiger partial charge in [0.05, 0.1) is 11.2 Å². The van der Waals surface area contributed by atoms with Crippen molar-refractivity contribution in [1.29, 1.82) is 0 Å². The number of carbonyl (C=O) groups excluding carboxylic acids is 1. The molecular weight excluding hydrogens is 298 g/mol. The van der Waals surface area contributed by atoms with Crippen LogP contribution in [0.3, 0.4) is 0 Å². The van der Waals surface area contributed by atoms with Crippen molar-refractivity contribution in [3.8, 4) is 0 Å². The van der Waals surface area contributed by atoms with Crippen LogP contribution in [-0.2, 0) is 4.79 Å². The molecule has 4 nitrogen and oxygen atoms in total. The average Bonchev–Trinajstić information content (AvgIpc) is 3.41. The van der Waals surface area contributed by atoms with Crippen LogP contribution in [0.4, 0.5) is 5.69 Å². The molecule has 1 saturated carbocycles. The van der Waals surface area contributed by atoms with E-state index in [2.05, 4.69) is 46.8 Å². The van der Waals surface area contributed by atoms with Crippen LogP contribution in [-0.4, -0.2) is 42.0 Å². The lowest BCUT2D eigenvalue weighted by molar-refractivity contribution is -0.132. The molecule has 2 heterocycles. The van der Waals surface area contributed by atoms with Crippen molar-refractivity contribution in [2.45, 2.75) is 33.1 Å². The van der Waals surface area contributed by atoms with E-state index >= 15 is 0 Å². The molecule has 0 radical (unpaired) electrons. The molecule has 0 bridgehead atoms. The van der Waals surface area contributed by atoms with Crippen LogP contribution in [0.2, 0.25) is 0 Å². The number of nitrogens with zero attached hydrogens (tertiary/aromatic N) is 3. The monoisotopic (exact) mass is 323 g/mol. The molecule has 0 N–H and O–H groups in total. The average molecular weight is 323 g/mol. The van der Waals surface area contributed by atoms with Crippen LogP contribution in [0.25, 0.3) is 10.9 Å². The first-order valence-corrected chi connectivity index (χ1v) is 9.04. The van der Waals surface area contributed by atoms with Crippen molar-refractivity contribution in [2.75, 3.05) is 31.1 Å². The fourth-order valence-corrected chi connectivity index (χ4v) is 3.83. The maximum absolute atomic E-state index is 12.4. The highest BCUT2D eigenvalue weighted by molar-refractivity contribution is 5.95. The van der Waals surface area contributed by atoms with Gasteiger partial charge >= 0.3 is 0 Å². The molecular formula is C20H25N3O. The number of amides is 1. The van der Waals surface area contributed by atoms with Crippen LogP contribution in [0.15, 0.2) is 24.4 Å². The van der Waals surface area contributed by atoms with Crippen LogP contribution in [0, 0.1) is 19.8 Å². The second-order valence-corrected chi connectivity index (χ2v) is 7.20. The number of anilines is 1. The van der Waals surface area contributed by atoms with Gasteiger partial charge in [0.15, 0.2) is 0 Å². The Balaban J connectivity index is 1.64. The van der Waals surface area contributed by atoms with Crippen LogP contribution in [0.5, 0.6) is 0 Å². The zero-order valence-electron chi connectivity index (χ0n) is 14.6. The van der Waals surface area contributed by atoms with Gasteiger partial charge in [0, 0.05) is 43.7 Å². The smallest absolute Gasteiger partial charge is 0.225 e. The molecule has 1 aromatic heterocycles. The first kappa shape index (κ1) is 15.4. The number of para-hydroxylation sites is 1. The summed E-state index contributed by atoms with van der Waals surface area (Å²) >= 11 is 0. The summed E-state index contributed by atoms with van der Waals surface area (Å²) < 4.78 is 0. The molecule has 0 atom stereocenters. The summed E-state index contributed by atoms with van der Waals surface area (Å²) in [7, 11) is 0. The molecule has 1 aliphatic heterocycles. The van der Waals surface area contributed by atoms with E-state index in [1.807, 2.05) is 6.20 Å². The number of pyridine rings is 1. The number of hydrogen-bond acceptors (Lipinski definition) is 3. The lowest BCUT2D eigenvalue weighted by Crippen LogP contribution is -2.36. The molecule has 1 aromatic carbocycles. The fourth-order valence-electron chi connectivity index (χ4n) is 3.83. The third kappa shape index (κ3) is 2.74. The van der Waals surface area contributed by atoms with E-state index in [0.29, 0.717) is 11.8 Å². The second-order valence-electron chi connectivity index (χ2n) is 7.20. The third-order valence-electron chi connectivity index (χ3n) is 5.30. The summed E-state index contributed by atoms with van der Waals surface area (Å²) in [6, 6.07) is 6.41. The third-order valence-corrected chi connectivity index (χ3v) is 5.30. The normalized spacial score (nSPS) is 18.8. The van der Waals surface area contributed by atoms with E-state index in [9.17, 15) is 4.79 Å². The first-order chi connectivity index (χ1) is 11.6. The highest BCUT2D eigenvalue weighted by Gasteiger charge is 2.34. The Hall–Kier alpha value is -2.10. The Morgan fingerprint density at radius 3 is 2.71 bits per heavy atom. The molecule has 2 aliphatic rings. The number of fused-ring (bicyclic) bond motifs is 1. The molecule has 4 heteroatoms. The highest BCUT2D eigenvalue weighted by Crippen LogP contribution is 2.33. The Morgan fingerprint density at radius 1 is 1.08 bits per heavy atom. The Labute approximate surface area is 143 Å². The van der Waals surface area contributed by atoms with Gasteiger partial charge in [-0.3, -0.25) is 9.78 Å². The van der Waals surface area contributed by atoms with Crippen molar-refractivity contribution in [3.63, 3.8) is 0 Å². The summed E-state index contributed by atoms with van der Waals surface area (Å²) in [6.45, 7) is 7.90. The molecule has 24 heavy (non-hydrogen) atoms. The minimum atomic E-state index is 0.322. The molecule has 126 valence electrons. The zero-order chi connectivity index (χ0) is 16.7. The SMILES string of the molecule is Cc1cnc2c(C)cccc2c1N1CCCN(C(=O)C2CC2)CC1. The molecule has 1 amide bonds. The van der Waals surface area contributed by atoms with Gasteiger partial charge in [0.25, 0.3) is 0 Å². The van der Waals surface area contributed by atoms with Gasteiger partial charge in [0.2, 0.25) is 5.91 Å². The van der Waals surface area contributed by atoms with Crippen molar-refractivity contribution in [1.82, 2.24) is 9.88 Å². The topological polar surface area (TPSA) is 36.4 Å². The Bertz CT molecular complexity index is 782. The lowest BCUT2D eigenvalue weighted by atomic mass is 10.1. The predicted molar refractivity (Wildman–Crippen MR) is 97.4 cm³/mol. The Kier molecular flexibility index (Phi) is 3.91. The molecule has 1 saturated heterocycles. The molecule has 0 unspecified atom stereocenters. The number of aryl methyl sites for hydroxylation is 2. The summed E-state index contributed by atoms with van der Waals surface area (Å²) in [5.74, 6) is 0.701. The quantitative estimate of drug-likeness (QED) is 0.851. The number of benzene rings is 1. The van der Waals surface area contributed by atoms with Crippen molar-refractivity contribution in [3.05, 3.63) is 35.5 Å². The summed E-state index contributed by atoms with van der Waals surface area (Å²) in [5, 5.41) is 1.23. The van der Waals surface area contributed by atoms with Gasteiger partial charge in [0.1, 0.15) is 0 Å². The van der Waals surface area contributed by atoms with E-state index in [4.69, 9.17) is 0 Å². The summed E-state index contributed by atoms with van der Waals surface area (Å²) in [5.41, 5.74) is 4.82. The van der Waals surface area contributed by atoms with Gasteiger partial charge in [-0.25, -0.2) is 0 Å². The maximum atomic E-state index is 12.4. The Morgan fingerprint density at radius 2 is 1.92 bits per heavy atom. The summed E-state index contributed by atoms with van der Waals surface area (Å²) in [6.07, 6.45) is 5.20. The largest absolute Gasteiger partial charge is 0.369 e. The second kappa shape index (κ2) is 6.08. The predicted octanol–water partition coefficient (Wildman–Crippen LogP) is 3.30. The van der Waals surface area contributed by atoms with Crippen LogP contribution < -0.4 is 4.90 Å². The number of aromatic nitrogens is 1. The van der Waals surface area contributed by atoms with Gasteiger partial charge in [-0.05, 0) is 44.2 Å². The fraction of sp³-hybridized carbons (Fsp3) is 0.500. The molecule has 4 rings (SSSR count). The molecule has 1 aliphatic carbocycles. The van der Waals surface area contributed by atoms with Gasteiger partial charge in [-0.2, -0.15) is 0 Å². The minimum Gasteiger partial charge on any atom is -0.369 e. The lowest BCUT2D eigenvalue weighted by Gasteiger charge is -2.26. The maximum Gasteiger partial charge on any atom is 0.225 e. The van der Waals surface area contributed by atoms with Crippen LogP contribution in [0.1, 0.15) is 30.4 Å². The van der Waals surface area contributed by atoms with Gasteiger partial charge in [-0.1, -0.05) is 18.2 Å². The van der Waals surface area contributed by atoms with Gasteiger partial charge in [-0.15, -0.1) is 0 Å². The van der Waals surface area contributed by atoms with E-state index in [1.165, 1.54) is 22.2 Å². The summed E-state index contributed by atoms with van der Waals surface area (Å²) in [4.78, 5) is 21.6. The molecule has 2 aromatic rings. The van der Waals surface area contributed by atoms with Crippen molar-refractivity contribution < 1.29 is 4.79 Å². The van der Waals surface area contributed by atoms with Crippen molar-refractivity contribution >= 4 is 22.5 Å². The van der Waals surface area contributed by atoms with Gasteiger partial charge < -0.3 is 9.80 Å². The standard InChI is InChI=1S/C20H25N3O/c1-14-5-3-6-17-18(14)21-13-15(2)19(17)22-9-4-10-23(12-11-22)20(24)16-7-8-16/h3,5-6,13,16H,4,7-12H2,1-2H3. The highest BCUT2D eigenvalue weighted by atomic mass is 16.2. The molecule has 2 fully saturated rings.